The lowest BCUT2D eigenvalue weighted by atomic mass is 10.5. The second-order valence-corrected chi connectivity index (χ2v) is 4.58. The van der Waals surface area contributed by atoms with Crippen molar-refractivity contribution in [3.05, 3.63) is 10.3 Å². The van der Waals surface area contributed by atoms with E-state index in [0.29, 0.717) is 5.75 Å². The van der Waals surface area contributed by atoms with Crippen LogP contribution in [0.2, 0.25) is 0 Å². The molecule has 0 heterocycles. The molecular weight excluding hydrogens is 292 g/mol. The first-order chi connectivity index (χ1) is 5.80. The van der Waals surface area contributed by atoms with Gasteiger partial charge in [-0.1, -0.05) is 19.1 Å². The van der Waals surface area contributed by atoms with Crippen LogP contribution in [-0.4, -0.2) is 16.1 Å². The largest absolute Gasteiger partial charge is 0.425 e. The summed E-state index contributed by atoms with van der Waals surface area (Å²) in [5.74, 6) is -0.987. The highest BCUT2D eigenvalue weighted by atomic mass is 79.9. The van der Waals surface area contributed by atoms with Gasteiger partial charge in [-0.05, 0) is 21.7 Å². The molecule has 0 spiro atoms. The summed E-state index contributed by atoms with van der Waals surface area (Å²) in [6.07, 6.45) is -4.72. The summed E-state index contributed by atoms with van der Waals surface area (Å²) in [4.78, 5) is 0. The normalized spacial score (nSPS) is 14.0. The fourth-order valence-electron chi connectivity index (χ4n) is 0.409. The molecule has 0 amide bonds. The van der Waals surface area contributed by atoms with Gasteiger partial charge in [0.05, 0.1) is 0 Å². The lowest BCUT2D eigenvalue weighted by molar-refractivity contribution is -0.0840. The van der Waals surface area contributed by atoms with Crippen LogP contribution in [0.25, 0.3) is 0 Å². The molecule has 0 saturated carbocycles. The van der Waals surface area contributed by atoms with E-state index in [1.165, 1.54) is 0 Å². The number of hydrogen-bond acceptors (Lipinski definition) is 2. The SMILES string of the molecule is CCSC(=S)/C(F)=C(\Br)C(F)(F)F. The molecule has 0 bridgehead atoms. The van der Waals surface area contributed by atoms with Crippen LogP contribution in [0.3, 0.4) is 0 Å². The molecule has 0 aliphatic carbocycles. The predicted octanol–water partition coefficient (Wildman–Crippen LogP) is 4.21. The van der Waals surface area contributed by atoms with E-state index in [4.69, 9.17) is 0 Å². The Bertz CT molecular complexity index is 233. The molecule has 0 rings (SSSR count). The quantitative estimate of drug-likeness (QED) is 0.425. The van der Waals surface area contributed by atoms with Gasteiger partial charge in [0.25, 0.3) is 0 Å². The average Bonchev–Trinajstić information content (AvgIpc) is 2.00. The molecular formula is C6H5BrF4S2. The van der Waals surface area contributed by atoms with E-state index in [1.807, 2.05) is 0 Å². The van der Waals surface area contributed by atoms with E-state index >= 15 is 0 Å². The van der Waals surface area contributed by atoms with Crippen molar-refractivity contribution in [3.63, 3.8) is 0 Å². The molecule has 13 heavy (non-hydrogen) atoms. The Hall–Kier alpha value is 0.380. The molecule has 7 heteroatoms. The van der Waals surface area contributed by atoms with Crippen molar-refractivity contribution < 1.29 is 17.6 Å². The maximum atomic E-state index is 12.8. The fourth-order valence-corrected chi connectivity index (χ4v) is 1.82. The molecule has 0 radical (unpaired) electrons. The first kappa shape index (κ1) is 13.4. The van der Waals surface area contributed by atoms with Crippen molar-refractivity contribution in [3.8, 4) is 0 Å². The van der Waals surface area contributed by atoms with E-state index in [0.717, 1.165) is 11.8 Å². The minimum atomic E-state index is -4.72. The minimum absolute atomic E-state index is 0.383. The van der Waals surface area contributed by atoms with Gasteiger partial charge < -0.3 is 0 Å². The predicted molar refractivity (Wildman–Crippen MR) is 53.8 cm³/mol. The maximum Gasteiger partial charge on any atom is 0.425 e. The van der Waals surface area contributed by atoms with Crippen LogP contribution < -0.4 is 0 Å². The van der Waals surface area contributed by atoms with Crippen LogP contribution in [0.1, 0.15) is 6.92 Å². The highest BCUT2D eigenvalue weighted by Crippen LogP contribution is 2.35. The fraction of sp³-hybridized carbons (Fsp3) is 0.500. The number of thioether (sulfide) groups is 1. The monoisotopic (exact) mass is 296 g/mol. The first-order valence-electron chi connectivity index (χ1n) is 3.10. The van der Waals surface area contributed by atoms with Gasteiger partial charge >= 0.3 is 6.18 Å². The Morgan fingerprint density at radius 1 is 1.46 bits per heavy atom. The van der Waals surface area contributed by atoms with Crippen LogP contribution in [0, 0.1) is 0 Å². The second kappa shape index (κ2) is 5.31. The average molecular weight is 297 g/mol. The summed E-state index contributed by atoms with van der Waals surface area (Å²) in [5, 5.41) is 0. The topological polar surface area (TPSA) is 0 Å². The van der Waals surface area contributed by atoms with Crippen molar-refractivity contribution in [1.29, 1.82) is 0 Å². The molecule has 0 aliphatic rings. The molecule has 0 unspecified atom stereocenters. The molecule has 0 nitrogen and oxygen atoms in total. The van der Waals surface area contributed by atoms with Gasteiger partial charge in [-0.2, -0.15) is 13.2 Å². The second-order valence-electron chi connectivity index (χ2n) is 1.85. The third-order valence-corrected chi connectivity index (χ3v) is 2.96. The van der Waals surface area contributed by atoms with Crippen molar-refractivity contribution in [2.45, 2.75) is 13.1 Å². The molecule has 0 aromatic heterocycles. The summed E-state index contributed by atoms with van der Waals surface area (Å²) in [7, 11) is 0. The van der Waals surface area contributed by atoms with Crippen molar-refractivity contribution in [2.75, 3.05) is 5.75 Å². The zero-order valence-electron chi connectivity index (χ0n) is 6.41. The summed E-state index contributed by atoms with van der Waals surface area (Å²) < 4.78 is 46.6. The van der Waals surface area contributed by atoms with Gasteiger partial charge in [-0.25, -0.2) is 4.39 Å². The Labute approximate surface area is 90.9 Å². The van der Waals surface area contributed by atoms with E-state index < -0.39 is 16.5 Å². The van der Waals surface area contributed by atoms with Gasteiger partial charge in [0.2, 0.25) is 0 Å². The number of halogens is 5. The van der Waals surface area contributed by atoms with Gasteiger partial charge in [0, 0.05) is 0 Å². The summed E-state index contributed by atoms with van der Waals surface area (Å²) in [6, 6.07) is 0. The van der Waals surface area contributed by atoms with Crippen molar-refractivity contribution in [1.82, 2.24) is 0 Å². The molecule has 0 aromatic rings. The summed E-state index contributed by atoms with van der Waals surface area (Å²) in [6.45, 7) is 1.67. The Morgan fingerprint density at radius 2 is 1.92 bits per heavy atom. The molecule has 0 atom stereocenters. The maximum absolute atomic E-state index is 12.8. The van der Waals surface area contributed by atoms with Gasteiger partial charge in [-0.15, -0.1) is 11.8 Å². The van der Waals surface area contributed by atoms with E-state index in [2.05, 4.69) is 28.1 Å². The molecule has 0 fully saturated rings. The molecule has 76 valence electrons. The van der Waals surface area contributed by atoms with Crippen LogP contribution in [0.15, 0.2) is 10.3 Å². The summed E-state index contributed by atoms with van der Waals surface area (Å²) in [5.41, 5.74) is 0. The minimum Gasteiger partial charge on any atom is -0.204 e. The zero-order valence-corrected chi connectivity index (χ0v) is 9.63. The molecule has 0 aromatic carbocycles. The zero-order chi connectivity index (χ0) is 10.6. The molecule has 0 N–H and O–H groups in total. The van der Waals surface area contributed by atoms with Gasteiger partial charge in [0.15, 0.2) is 5.83 Å². The number of hydrogen-bond donors (Lipinski definition) is 0. The standard InChI is InChI=1S/C6H5BrF4S2/c1-2-13-5(12)3(8)4(7)6(9,10)11/h2H2,1H3/b4-3+. The molecule has 0 saturated heterocycles. The Morgan fingerprint density at radius 3 is 2.23 bits per heavy atom. The summed E-state index contributed by atoms with van der Waals surface area (Å²) >= 11 is 7.39. The van der Waals surface area contributed by atoms with Gasteiger partial charge in [0.1, 0.15) is 8.68 Å². The number of allylic oxidation sites excluding steroid dienone is 1. The Kier molecular flexibility index (Phi) is 5.46. The lowest BCUT2D eigenvalue weighted by Gasteiger charge is -2.06. The number of thiocarbonyl (C=S) groups is 1. The van der Waals surface area contributed by atoms with Crippen LogP contribution >= 0.6 is 39.9 Å². The highest BCUT2D eigenvalue weighted by Gasteiger charge is 2.36. The third-order valence-electron chi connectivity index (χ3n) is 0.896. The van der Waals surface area contributed by atoms with Gasteiger partial charge in [-0.3, -0.25) is 0 Å². The number of alkyl halides is 3. The first-order valence-corrected chi connectivity index (χ1v) is 5.29. The highest BCUT2D eigenvalue weighted by molar-refractivity contribution is 9.11. The lowest BCUT2D eigenvalue weighted by Crippen LogP contribution is -2.10. The van der Waals surface area contributed by atoms with E-state index in [-0.39, 0.29) is 4.20 Å². The third kappa shape index (κ3) is 4.42. The van der Waals surface area contributed by atoms with E-state index in [9.17, 15) is 17.6 Å². The number of rotatable bonds is 2. The Balaban J connectivity index is 4.72. The van der Waals surface area contributed by atoms with Crippen LogP contribution in [-0.2, 0) is 0 Å². The van der Waals surface area contributed by atoms with E-state index in [1.54, 1.807) is 6.92 Å². The van der Waals surface area contributed by atoms with Crippen LogP contribution in [0.4, 0.5) is 17.6 Å². The van der Waals surface area contributed by atoms with Crippen molar-refractivity contribution >= 4 is 44.1 Å². The molecule has 0 aliphatic heterocycles. The van der Waals surface area contributed by atoms with Crippen LogP contribution in [0.5, 0.6) is 0 Å². The van der Waals surface area contributed by atoms with Crippen molar-refractivity contribution in [2.24, 2.45) is 0 Å². The smallest absolute Gasteiger partial charge is 0.204 e.